The molecule has 2 aromatic heterocycles. The van der Waals surface area contributed by atoms with E-state index in [0.717, 1.165) is 42.7 Å². The number of pyridine rings is 1. The van der Waals surface area contributed by atoms with Gasteiger partial charge in [-0.3, -0.25) is 4.79 Å². The number of aromatic nitrogens is 3. The zero-order valence-electron chi connectivity index (χ0n) is 12.3. The molecule has 1 fully saturated rings. The van der Waals surface area contributed by atoms with E-state index in [-0.39, 0.29) is 17.8 Å². The molecule has 1 amide bonds. The molecule has 5 nitrogen and oxygen atoms in total. The summed E-state index contributed by atoms with van der Waals surface area (Å²) in [4.78, 5) is 23.3. The fourth-order valence-corrected chi connectivity index (χ4v) is 2.96. The summed E-state index contributed by atoms with van der Waals surface area (Å²) in [5.74, 6) is 0.824. The Hall–Kier alpha value is -1.62. The maximum absolute atomic E-state index is 12.4. The third-order valence-electron chi connectivity index (χ3n) is 3.86. The number of nitrogens with zero attached hydrogens (tertiary/aromatic N) is 4. The molecule has 112 valence electrons. The van der Waals surface area contributed by atoms with Crippen molar-refractivity contribution in [1.82, 2.24) is 19.4 Å². The molecule has 0 N–H and O–H groups in total. The van der Waals surface area contributed by atoms with Crippen LogP contribution in [-0.2, 0) is 11.3 Å². The van der Waals surface area contributed by atoms with Crippen LogP contribution in [0.4, 0.5) is 0 Å². The second-order valence-corrected chi connectivity index (χ2v) is 6.27. The minimum absolute atomic E-state index is 0.118. The van der Waals surface area contributed by atoms with Gasteiger partial charge in [0.25, 0.3) is 0 Å². The number of carbonyl (C=O) groups is 1. The van der Waals surface area contributed by atoms with Crippen molar-refractivity contribution < 1.29 is 4.79 Å². The normalized spacial score (nSPS) is 16.6. The van der Waals surface area contributed by atoms with Gasteiger partial charge in [0.15, 0.2) is 5.65 Å². The second-order valence-electron chi connectivity index (χ2n) is 5.62. The summed E-state index contributed by atoms with van der Waals surface area (Å²) in [6.07, 6.45) is 3.97. The van der Waals surface area contributed by atoms with Crippen LogP contribution < -0.4 is 0 Å². The molecule has 1 unspecified atom stereocenters. The van der Waals surface area contributed by atoms with Gasteiger partial charge in [-0.1, -0.05) is 0 Å². The van der Waals surface area contributed by atoms with Crippen LogP contribution in [0.2, 0.25) is 0 Å². The standard InChI is InChI=1S/C15H19ClN4O/c1-10-7-12-15(17-8-10)20(14(18-12)11(2)16)9-13(21)19-5-3-4-6-19/h7-8,11H,3-6,9H2,1-2H3. The van der Waals surface area contributed by atoms with Crippen molar-refractivity contribution in [3.63, 3.8) is 0 Å². The summed E-state index contributed by atoms with van der Waals surface area (Å²) in [5, 5.41) is -0.258. The van der Waals surface area contributed by atoms with E-state index >= 15 is 0 Å². The first kappa shape index (κ1) is 14.3. The van der Waals surface area contributed by atoms with Crippen LogP contribution in [0.1, 0.15) is 36.5 Å². The van der Waals surface area contributed by atoms with Crippen molar-refractivity contribution in [2.24, 2.45) is 0 Å². The van der Waals surface area contributed by atoms with Gasteiger partial charge in [-0.2, -0.15) is 0 Å². The number of hydrogen-bond acceptors (Lipinski definition) is 3. The number of likely N-dealkylation sites (tertiary alicyclic amines) is 1. The lowest BCUT2D eigenvalue weighted by Crippen LogP contribution is -2.31. The Balaban J connectivity index is 1.98. The van der Waals surface area contributed by atoms with E-state index in [9.17, 15) is 4.79 Å². The molecule has 3 heterocycles. The maximum atomic E-state index is 12.4. The van der Waals surface area contributed by atoms with Crippen LogP contribution in [0.3, 0.4) is 0 Å². The van der Waals surface area contributed by atoms with Gasteiger partial charge in [0.1, 0.15) is 17.9 Å². The second kappa shape index (κ2) is 5.64. The van der Waals surface area contributed by atoms with E-state index in [1.807, 2.05) is 29.4 Å². The van der Waals surface area contributed by atoms with E-state index < -0.39 is 0 Å². The predicted octanol–water partition coefficient (Wildman–Crippen LogP) is 2.66. The highest BCUT2D eigenvalue weighted by atomic mass is 35.5. The molecule has 0 aliphatic carbocycles. The molecule has 0 bridgehead atoms. The minimum atomic E-state index is -0.258. The highest BCUT2D eigenvalue weighted by Crippen LogP contribution is 2.24. The van der Waals surface area contributed by atoms with Crippen molar-refractivity contribution in [2.75, 3.05) is 13.1 Å². The number of aryl methyl sites for hydroxylation is 1. The van der Waals surface area contributed by atoms with Gasteiger partial charge in [-0.15, -0.1) is 11.6 Å². The first-order valence-corrected chi connectivity index (χ1v) is 7.74. The molecule has 0 aromatic carbocycles. The van der Waals surface area contributed by atoms with Crippen molar-refractivity contribution in [1.29, 1.82) is 0 Å². The summed E-state index contributed by atoms with van der Waals surface area (Å²) in [6, 6.07) is 1.97. The first-order valence-electron chi connectivity index (χ1n) is 7.31. The fourth-order valence-electron chi connectivity index (χ4n) is 2.79. The van der Waals surface area contributed by atoms with Crippen LogP contribution in [0.25, 0.3) is 11.2 Å². The van der Waals surface area contributed by atoms with Gasteiger partial charge < -0.3 is 9.47 Å². The zero-order valence-corrected chi connectivity index (χ0v) is 13.1. The van der Waals surface area contributed by atoms with Crippen molar-refractivity contribution >= 4 is 28.7 Å². The smallest absolute Gasteiger partial charge is 0.242 e. The lowest BCUT2D eigenvalue weighted by Gasteiger charge is -2.17. The van der Waals surface area contributed by atoms with Crippen molar-refractivity contribution in [3.05, 3.63) is 23.7 Å². The molecule has 6 heteroatoms. The van der Waals surface area contributed by atoms with E-state index in [1.165, 1.54) is 0 Å². The largest absolute Gasteiger partial charge is 0.341 e. The minimum Gasteiger partial charge on any atom is -0.341 e. The molecule has 1 atom stereocenters. The van der Waals surface area contributed by atoms with Crippen LogP contribution in [0, 0.1) is 6.92 Å². The Morgan fingerprint density at radius 2 is 2.14 bits per heavy atom. The van der Waals surface area contributed by atoms with E-state index in [4.69, 9.17) is 11.6 Å². The van der Waals surface area contributed by atoms with Crippen LogP contribution in [-0.4, -0.2) is 38.4 Å². The summed E-state index contributed by atoms with van der Waals surface area (Å²) in [5.41, 5.74) is 2.58. The number of amides is 1. The molecule has 1 saturated heterocycles. The van der Waals surface area contributed by atoms with Crippen LogP contribution in [0.5, 0.6) is 0 Å². The molecular formula is C15H19ClN4O. The summed E-state index contributed by atoms with van der Waals surface area (Å²) in [6.45, 7) is 5.81. The molecule has 21 heavy (non-hydrogen) atoms. The summed E-state index contributed by atoms with van der Waals surface area (Å²) in [7, 11) is 0. The van der Waals surface area contributed by atoms with Gasteiger partial charge in [-0.05, 0) is 38.3 Å². The molecule has 1 aliphatic heterocycles. The number of alkyl halides is 1. The fraction of sp³-hybridized carbons (Fsp3) is 0.533. The predicted molar refractivity (Wildman–Crippen MR) is 82.3 cm³/mol. The average molecular weight is 307 g/mol. The third-order valence-corrected chi connectivity index (χ3v) is 4.05. The quantitative estimate of drug-likeness (QED) is 0.819. The molecule has 0 saturated carbocycles. The Kier molecular flexibility index (Phi) is 3.85. The highest BCUT2D eigenvalue weighted by molar-refractivity contribution is 6.20. The van der Waals surface area contributed by atoms with Gasteiger partial charge >= 0.3 is 0 Å². The number of rotatable bonds is 3. The molecule has 3 rings (SSSR count). The van der Waals surface area contributed by atoms with Gasteiger partial charge in [-0.25, -0.2) is 9.97 Å². The molecule has 1 aliphatic rings. The molecule has 2 aromatic rings. The van der Waals surface area contributed by atoms with Gasteiger partial charge in [0.05, 0.1) is 5.38 Å². The summed E-state index contributed by atoms with van der Waals surface area (Å²) < 4.78 is 1.85. The molecule has 0 spiro atoms. The lowest BCUT2D eigenvalue weighted by atomic mass is 10.3. The van der Waals surface area contributed by atoms with Crippen LogP contribution >= 0.6 is 11.6 Å². The van der Waals surface area contributed by atoms with Crippen molar-refractivity contribution in [2.45, 2.75) is 38.6 Å². The number of fused-ring (bicyclic) bond motifs is 1. The van der Waals surface area contributed by atoms with E-state index in [2.05, 4.69) is 9.97 Å². The van der Waals surface area contributed by atoms with E-state index in [1.54, 1.807) is 6.20 Å². The van der Waals surface area contributed by atoms with Crippen LogP contribution in [0.15, 0.2) is 12.3 Å². The Morgan fingerprint density at radius 1 is 1.43 bits per heavy atom. The van der Waals surface area contributed by atoms with Gasteiger partial charge in [0, 0.05) is 19.3 Å². The number of halogens is 1. The summed E-state index contributed by atoms with van der Waals surface area (Å²) >= 11 is 6.23. The van der Waals surface area contributed by atoms with E-state index in [0.29, 0.717) is 5.82 Å². The molecular weight excluding hydrogens is 288 g/mol. The highest BCUT2D eigenvalue weighted by Gasteiger charge is 2.22. The Labute approximate surface area is 128 Å². The number of imidazole rings is 1. The van der Waals surface area contributed by atoms with Crippen molar-refractivity contribution in [3.8, 4) is 0 Å². The Morgan fingerprint density at radius 3 is 2.81 bits per heavy atom. The first-order chi connectivity index (χ1) is 10.1. The topological polar surface area (TPSA) is 51.0 Å². The van der Waals surface area contributed by atoms with Gasteiger partial charge in [0.2, 0.25) is 5.91 Å². The number of carbonyl (C=O) groups excluding carboxylic acids is 1. The maximum Gasteiger partial charge on any atom is 0.242 e. The lowest BCUT2D eigenvalue weighted by molar-refractivity contribution is -0.130. The zero-order chi connectivity index (χ0) is 15.0. The number of hydrogen-bond donors (Lipinski definition) is 0. The third kappa shape index (κ3) is 2.75. The SMILES string of the molecule is Cc1cnc2c(c1)nc(C(C)Cl)n2CC(=O)N1CCCC1. The molecule has 0 radical (unpaired) electrons. The average Bonchev–Trinajstić information content (AvgIpc) is 3.06. The monoisotopic (exact) mass is 306 g/mol. The Bertz CT molecular complexity index is 674.